The standard InChI is InChI=1S/C21H20F3N5O3S2/c1-11-8-25-19(33-11)14-5-13(6-17(7-14)34(31,32)29-16-3-4-16)18(30)28-12(2)15-9-26-20(27-10-15)21(22,23)24/h5-10,12,16,29H,3-4H2,1-2H3,(H,28,30)/t12-/m1/s1. The number of amides is 1. The van der Waals surface area contributed by atoms with E-state index in [1.807, 2.05) is 6.92 Å². The average Bonchev–Trinajstić information content (AvgIpc) is 3.48. The number of alkyl halides is 3. The van der Waals surface area contributed by atoms with Crippen molar-refractivity contribution in [2.75, 3.05) is 0 Å². The molecule has 0 unspecified atom stereocenters. The Bertz CT molecular complexity index is 1320. The summed E-state index contributed by atoms with van der Waals surface area (Å²) in [7, 11) is -3.86. The average molecular weight is 512 g/mol. The summed E-state index contributed by atoms with van der Waals surface area (Å²) in [5, 5.41) is 3.21. The first-order valence-electron chi connectivity index (χ1n) is 10.2. The van der Waals surface area contributed by atoms with E-state index in [2.05, 4.69) is 25.0 Å². The van der Waals surface area contributed by atoms with Crippen LogP contribution in [0.25, 0.3) is 10.6 Å². The molecule has 0 saturated heterocycles. The van der Waals surface area contributed by atoms with Crippen LogP contribution in [0.2, 0.25) is 0 Å². The van der Waals surface area contributed by atoms with Gasteiger partial charge in [0.15, 0.2) is 0 Å². The molecule has 2 aromatic heterocycles. The van der Waals surface area contributed by atoms with Crippen LogP contribution in [0.4, 0.5) is 13.2 Å². The zero-order chi connectivity index (χ0) is 24.7. The van der Waals surface area contributed by atoms with Crippen molar-refractivity contribution < 1.29 is 26.4 Å². The summed E-state index contributed by atoms with van der Waals surface area (Å²) < 4.78 is 66.4. The molecule has 13 heteroatoms. The molecular formula is C21H20F3N5O3S2. The number of aryl methyl sites for hydroxylation is 1. The van der Waals surface area contributed by atoms with Gasteiger partial charge in [0.1, 0.15) is 5.01 Å². The third-order valence-corrected chi connectivity index (χ3v) is 7.48. The second-order valence-corrected chi connectivity index (χ2v) is 10.9. The van der Waals surface area contributed by atoms with Crippen LogP contribution in [0.5, 0.6) is 0 Å². The number of carbonyl (C=O) groups is 1. The summed E-state index contributed by atoms with van der Waals surface area (Å²) in [5.74, 6) is -1.88. The lowest BCUT2D eigenvalue weighted by atomic mass is 10.1. The molecule has 1 amide bonds. The van der Waals surface area contributed by atoms with Crippen LogP contribution in [0.15, 0.2) is 41.7 Å². The normalized spacial score (nSPS) is 15.2. The first-order valence-corrected chi connectivity index (χ1v) is 12.5. The molecule has 2 N–H and O–H groups in total. The molecule has 180 valence electrons. The van der Waals surface area contributed by atoms with E-state index in [1.165, 1.54) is 29.5 Å². The number of benzene rings is 1. The maximum Gasteiger partial charge on any atom is 0.451 e. The summed E-state index contributed by atoms with van der Waals surface area (Å²) in [5.41, 5.74) is 0.796. The summed E-state index contributed by atoms with van der Waals surface area (Å²) in [6.07, 6.45) is 0.470. The Morgan fingerprint density at radius 2 is 1.79 bits per heavy atom. The second kappa shape index (κ2) is 9.04. The SMILES string of the molecule is Cc1cnc(-c2cc(C(=O)N[C@H](C)c3cnc(C(F)(F)F)nc3)cc(S(=O)(=O)NC3CC3)c2)s1. The molecule has 2 heterocycles. The number of nitrogens with one attached hydrogen (secondary N) is 2. The Kier molecular flexibility index (Phi) is 6.44. The number of aromatic nitrogens is 3. The van der Waals surface area contributed by atoms with Gasteiger partial charge in [-0.1, -0.05) is 0 Å². The predicted octanol–water partition coefficient (Wildman–Crippen LogP) is 3.86. The monoisotopic (exact) mass is 511 g/mol. The van der Waals surface area contributed by atoms with Crippen LogP contribution < -0.4 is 10.0 Å². The van der Waals surface area contributed by atoms with E-state index in [9.17, 15) is 26.4 Å². The molecule has 1 aliphatic carbocycles. The number of hydrogen-bond donors (Lipinski definition) is 2. The van der Waals surface area contributed by atoms with Crippen LogP contribution in [-0.4, -0.2) is 35.3 Å². The molecule has 0 spiro atoms. The molecule has 1 fully saturated rings. The lowest BCUT2D eigenvalue weighted by Gasteiger charge is -2.16. The van der Waals surface area contributed by atoms with Gasteiger partial charge in [0.2, 0.25) is 15.8 Å². The minimum atomic E-state index is -4.67. The molecule has 1 aliphatic rings. The van der Waals surface area contributed by atoms with E-state index in [0.717, 1.165) is 30.1 Å². The van der Waals surface area contributed by atoms with Crippen LogP contribution >= 0.6 is 11.3 Å². The quantitative estimate of drug-likeness (QED) is 0.498. The highest BCUT2D eigenvalue weighted by Crippen LogP contribution is 2.30. The first kappa shape index (κ1) is 24.2. The summed E-state index contributed by atoms with van der Waals surface area (Å²) >= 11 is 1.35. The van der Waals surface area contributed by atoms with Gasteiger partial charge >= 0.3 is 6.18 Å². The minimum Gasteiger partial charge on any atom is -0.345 e. The predicted molar refractivity (Wildman–Crippen MR) is 119 cm³/mol. The Morgan fingerprint density at radius 3 is 2.35 bits per heavy atom. The molecule has 34 heavy (non-hydrogen) atoms. The molecular weight excluding hydrogens is 491 g/mol. The highest BCUT2D eigenvalue weighted by Gasteiger charge is 2.34. The first-order chi connectivity index (χ1) is 15.9. The van der Waals surface area contributed by atoms with Crippen molar-refractivity contribution in [2.45, 2.75) is 49.8 Å². The van der Waals surface area contributed by atoms with E-state index < -0.39 is 34.0 Å². The zero-order valence-electron chi connectivity index (χ0n) is 18.0. The number of rotatable bonds is 7. The lowest BCUT2D eigenvalue weighted by Crippen LogP contribution is -2.28. The Labute approximate surface area is 197 Å². The molecule has 8 nitrogen and oxygen atoms in total. The molecule has 0 aliphatic heterocycles. The molecule has 1 saturated carbocycles. The third-order valence-electron chi connectivity index (χ3n) is 5.02. The maximum atomic E-state index is 13.0. The fourth-order valence-electron chi connectivity index (χ4n) is 3.06. The Hall–Kier alpha value is -2.90. The maximum absolute atomic E-state index is 13.0. The van der Waals surface area contributed by atoms with Crippen LogP contribution in [0.1, 0.15) is 52.4 Å². The minimum absolute atomic E-state index is 0.0691. The molecule has 1 aromatic carbocycles. The largest absolute Gasteiger partial charge is 0.451 e. The number of nitrogens with zero attached hydrogens (tertiary/aromatic N) is 3. The van der Waals surface area contributed by atoms with Gasteiger partial charge in [-0.15, -0.1) is 11.3 Å². The fourth-order valence-corrected chi connectivity index (χ4v) is 5.18. The topological polar surface area (TPSA) is 114 Å². The fraction of sp³-hybridized carbons (Fsp3) is 0.333. The van der Waals surface area contributed by atoms with E-state index in [0.29, 0.717) is 10.6 Å². The van der Waals surface area contributed by atoms with Crippen molar-refractivity contribution in [3.63, 3.8) is 0 Å². The van der Waals surface area contributed by atoms with Gasteiger partial charge in [0, 0.05) is 46.2 Å². The van der Waals surface area contributed by atoms with E-state index >= 15 is 0 Å². The van der Waals surface area contributed by atoms with Crippen LogP contribution in [0.3, 0.4) is 0 Å². The van der Waals surface area contributed by atoms with Crippen LogP contribution in [-0.2, 0) is 16.2 Å². The molecule has 3 aromatic rings. The molecule has 4 rings (SSSR count). The highest BCUT2D eigenvalue weighted by molar-refractivity contribution is 7.89. The van der Waals surface area contributed by atoms with Crippen molar-refractivity contribution in [3.05, 3.63) is 58.6 Å². The van der Waals surface area contributed by atoms with Crippen molar-refractivity contribution in [1.29, 1.82) is 0 Å². The smallest absolute Gasteiger partial charge is 0.345 e. The number of sulfonamides is 1. The van der Waals surface area contributed by atoms with Gasteiger partial charge in [-0.3, -0.25) is 4.79 Å². The van der Waals surface area contributed by atoms with Gasteiger partial charge in [-0.05, 0) is 44.9 Å². The number of carbonyl (C=O) groups excluding carboxylic acids is 1. The van der Waals surface area contributed by atoms with Gasteiger partial charge in [-0.2, -0.15) is 13.2 Å². The third kappa shape index (κ3) is 5.59. The van der Waals surface area contributed by atoms with Crippen molar-refractivity contribution in [1.82, 2.24) is 25.0 Å². The highest BCUT2D eigenvalue weighted by atomic mass is 32.2. The Balaban J connectivity index is 1.62. The molecule has 0 radical (unpaired) electrons. The van der Waals surface area contributed by atoms with Gasteiger partial charge < -0.3 is 5.32 Å². The number of halogens is 3. The van der Waals surface area contributed by atoms with Crippen LogP contribution in [0, 0.1) is 6.92 Å². The van der Waals surface area contributed by atoms with Crippen molar-refractivity contribution >= 4 is 27.3 Å². The van der Waals surface area contributed by atoms with Crippen molar-refractivity contribution in [2.24, 2.45) is 0 Å². The number of hydrogen-bond acceptors (Lipinski definition) is 7. The van der Waals surface area contributed by atoms with Gasteiger partial charge in [0.05, 0.1) is 10.9 Å². The lowest BCUT2D eigenvalue weighted by molar-refractivity contribution is -0.145. The van der Waals surface area contributed by atoms with E-state index in [4.69, 9.17) is 0 Å². The van der Waals surface area contributed by atoms with E-state index in [1.54, 1.807) is 13.1 Å². The Morgan fingerprint density at radius 1 is 1.12 bits per heavy atom. The second-order valence-electron chi connectivity index (χ2n) is 7.95. The summed E-state index contributed by atoms with van der Waals surface area (Å²) in [6, 6.07) is 3.41. The summed E-state index contributed by atoms with van der Waals surface area (Å²) in [4.78, 5) is 24.7. The van der Waals surface area contributed by atoms with Crippen molar-refractivity contribution in [3.8, 4) is 10.6 Å². The van der Waals surface area contributed by atoms with Gasteiger partial charge in [-0.25, -0.2) is 28.1 Å². The molecule has 1 atom stereocenters. The van der Waals surface area contributed by atoms with E-state index in [-0.39, 0.29) is 22.1 Å². The number of thiazole rings is 1. The summed E-state index contributed by atoms with van der Waals surface area (Å²) in [6.45, 7) is 3.42. The van der Waals surface area contributed by atoms with Gasteiger partial charge in [0.25, 0.3) is 5.91 Å². The zero-order valence-corrected chi connectivity index (χ0v) is 19.7. The molecule has 0 bridgehead atoms.